The molecule has 1 unspecified atom stereocenters. The molecule has 1 fully saturated rings. The summed E-state index contributed by atoms with van der Waals surface area (Å²) in [6.45, 7) is 42.9. The lowest BCUT2D eigenvalue weighted by Crippen LogP contribution is -2.51. The Morgan fingerprint density at radius 1 is 0.269 bits per heavy atom. The van der Waals surface area contributed by atoms with Crippen LogP contribution in [0.15, 0.2) is 127 Å². The number of hydrogen-bond acceptors (Lipinski definition) is 4. The highest BCUT2D eigenvalue weighted by Gasteiger charge is 2.76. The Morgan fingerprint density at radius 2 is 0.483 bits per heavy atom. The smallest absolute Gasteiger partial charge is 0.255 e. The van der Waals surface area contributed by atoms with E-state index in [9.17, 15) is 0 Å². The van der Waals surface area contributed by atoms with Gasteiger partial charge in [0.15, 0.2) is 0 Å². The van der Waals surface area contributed by atoms with Crippen molar-refractivity contribution in [1.82, 2.24) is 24.8 Å². The van der Waals surface area contributed by atoms with E-state index >= 15 is 4.79 Å². The maximum absolute atomic E-state index is 15.9. The molecule has 3 N–H and O–H groups in total. The molecule has 8 bridgehead atoms. The Kier molecular flexibility index (Phi) is 10.3. The van der Waals surface area contributed by atoms with Crippen LogP contribution in [0.2, 0.25) is 0 Å². The van der Waals surface area contributed by atoms with Crippen LogP contribution in [0.3, 0.4) is 0 Å². The molecular formula is C138H88N6O. The molecule has 2 spiro atoms. The van der Waals surface area contributed by atoms with Gasteiger partial charge >= 0.3 is 0 Å². The number of anilines is 1. The van der Waals surface area contributed by atoms with Gasteiger partial charge in [0, 0.05) is 68.2 Å². The summed E-state index contributed by atoms with van der Waals surface area (Å²) in [5.41, 5.74) is 30.6. The number of nitrogens with zero attached hydrogens (tertiary/aromatic N) is 3. The van der Waals surface area contributed by atoms with Crippen molar-refractivity contribution in [3.05, 3.63) is 217 Å². The molecule has 1 atom stereocenters. The van der Waals surface area contributed by atoms with Crippen LogP contribution in [0, 0.1) is 0 Å². The van der Waals surface area contributed by atoms with E-state index in [1.807, 2.05) is 0 Å². The lowest BCUT2D eigenvalue weighted by Gasteiger charge is -2.52. The minimum Gasteiger partial charge on any atom is -0.354 e. The highest BCUT2D eigenvalue weighted by molar-refractivity contribution is 6.82. The molecule has 3 aliphatic heterocycles. The Balaban J connectivity index is 0.514. The molecule has 676 valence electrons. The molecule has 33 aromatic carbocycles. The molecule has 43 rings (SSSR count). The fourth-order valence-corrected chi connectivity index (χ4v) is 36.6. The van der Waals surface area contributed by atoms with E-state index < -0.39 is 10.8 Å². The monoisotopic (exact) mass is 1840 g/mol. The molecule has 1 amide bonds. The summed E-state index contributed by atoms with van der Waals surface area (Å²) in [5.74, 6) is -0.131. The number of nitrogens with one attached hydrogen (secondary N) is 3. The van der Waals surface area contributed by atoms with Gasteiger partial charge in [-0.1, -0.05) is 203 Å². The average molecular weight is 1850 g/mol. The number of H-pyrrole nitrogens is 2. The Labute approximate surface area is 826 Å². The molecule has 6 heterocycles. The van der Waals surface area contributed by atoms with Gasteiger partial charge in [-0.2, -0.15) is 0 Å². The number of amides is 1. The van der Waals surface area contributed by atoms with Crippen LogP contribution in [0.4, 0.5) is 5.69 Å². The van der Waals surface area contributed by atoms with E-state index in [-0.39, 0.29) is 44.4 Å². The number of hydrogen-bond donors (Lipinski definition) is 3. The number of carbonyl (C=O) groups excluding carboxylic acids is 1. The average Bonchev–Trinajstić information content (AvgIpc) is 1.38. The summed E-state index contributed by atoms with van der Waals surface area (Å²) in [6, 6.07) is 48.7. The van der Waals surface area contributed by atoms with Crippen LogP contribution in [0.1, 0.15) is 225 Å². The van der Waals surface area contributed by atoms with Gasteiger partial charge in [0.2, 0.25) is 0 Å². The van der Waals surface area contributed by atoms with Crippen molar-refractivity contribution in [2.75, 3.05) is 18.9 Å². The van der Waals surface area contributed by atoms with Crippen LogP contribution < -0.4 is 5.32 Å². The SMILES string of the molecule is CN1CC23c4c5c6c7c8c9c(c%10c%11c2c2c4c4c%12c5c5c6c6c8c8c%13c9c9c%10c%10c%11c%11c2c2c4c4c%12c%12c5c5c6c8c6c8c%13c9c9c%10c%10c%11c2c2c4c4c%12c5c6c5c8c9c%10c2c45)C73C1c1ccc(C(=O)Nc2ccc(-c3c4nc(c(-c5cc(C(C)(C)C)cc(C(C)(C)C)c5)c5ccc([nH]5)c(-c5cc(C(C)(C)C)cc(C(C)(C)C)c5)c5nc(c(-c6cc(C(C)(C)C)cc(C(C)(C)C)c6)c6ccc3[nH]6)C=C5)C=C4)cc2)cc1. The van der Waals surface area contributed by atoms with Gasteiger partial charge in [-0.15, -0.1) is 0 Å². The van der Waals surface area contributed by atoms with Crippen LogP contribution in [0.5, 0.6) is 0 Å². The number of likely N-dealkylation sites (N-methyl/N-ethyl adjacent to an activating group) is 1. The zero-order chi connectivity index (χ0) is 95.6. The molecule has 0 saturated carbocycles. The van der Waals surface area contributed by atoms with E-state index in [1.54, 1.807) is 313 Å². The van der Waals surface area contributed by atoms with E-state index in [0.29, 0.717) is 5.56 Å². The van der Waals surface area contributed by atoms with Gasteiger partial charge in [0.05, 0.1) is 33.6 Å². The maximum Gasteiger partial charge on any atom is 0.255 e. The molecule has 3 aromatic heterocycles. The molecule has 1 saturated heterocycles. The largest absolute Gasteiger partial charge is 0.354 e. The third-order valence-corrected chi connectivity index (χ3v) is 41.4. The Morgan fingerprint density at radius 3 is 0.710 bits per heavy atom. The second-order valence-corrected chi connectivity index (χ2v) is 53.8. The highest BCUT2D eigenvalue weighted by atomic mass is 16.1. The first kappa shape index (κ1) is 73.6. The molecular weight excluding hydrogens is 1760 g/mol. The van der Waals surface area contributed by atoms with Crippen LogP contribution in [-0.4, -0.2) is 44.3 Å². The van der Waals surface area contributed by atoms with Gasteiger partial charge in [0.1, 0.15) is 0 Å². The third-order valence-electron chi connectivity index (χ3n) is 41.4. The number of carbonyl (C=O) groups is 1. The molecule has 145 heavy (non-hydrogen) atoms. The summed E-state index contributed by atoms with van der Waals surface area (Å²) < 4.78 is 0. The van der Waals surface area contributed by atoms with Gasteiger partial charge in [-0.05, 0) is 487 Å². The predicted octanol–water partition coefficient (Wildman–Crippen LogP) is 36.7. The van der Waals surface area contributed by atoms with Crippen molar-refractivity contribution >= 4 is 349 Å². The predicted molar refractivity (Wildman–Crippen MR) is 616 cm³/mol. The lowest BCUT2D eigenvalue weighted by atomic mass is 9.47. The first-order valence-corrected chi connectivity index (χ1v) is 53.3. The van der Waals surface area contributed by atoms with Gasteiger partial charge in [0.25, 0.3) is 5.91 Å². The summed E-state index contributed by atoms with van der Waals surface area (Å²) in [5, 5.41) is 90.7. The van der Waals surface area contributed by atoms with Crippen molar-refractivity contribution in [2.45, 2.75) is 174 Å². The van der Waals surface area contributed by atoms with Crippen molar-refractivity contribution < 1.29 is 4.79 Å². The van der Waals surface area contributed by atoms with E-state index in [1.165, 1.54) is 38.9 Å². The number of benzene rings is 23. The molecule has 7 heteroatoms. The number of likely N-dealkylation sites (tertiary alicyclic amines) is 1. The highest BCUT2D eigenvalue weighted by Crippen LogP contribution is 2.88. The fraction of sp³-hybridized carbons (Fsp3) is 0.210. The maximum atomic E-state index is 15.9. The summed E-state index contributed by atoms with van der Waals surface area (Å²) in [4.78, 5) is 39.1. The minimum absolute atomic E-state index is 0.0820. The topological polar surface area (TPSA) is 89.7 Å². The number of aromatic nitrogens is 4. The third kappa shape index (κ3) is 6.56. The van der Waals surface area contributed by atoms with Crippen molar-refractivity contribution in [3.63, 3.8) is 0 Å². The number of aromatic amines is 2. The number of rotatable bonds is 7. The van der Waals surface area contributed by atoms with Gasteiger partial charge in [-0.3, -0.25) is 9.69 Å². The van der Waals surface area contributed by atoms with Crippen molar-refractivity contribution in [1.29, 1.82) is 0 Å². The molecule has 7 nitrogen and oxygen atoms in total. The molecule has 36 aromatic rings. The van der Waals surface area contributed by atoms with Crippen molar-refractivity contribution in [3.8, 4) is 44.5 Å². The summed E-state index contributed by atoms with van der Waals surface area (Å²) in [7, 11) is 2.54. The van der Waals surface area contributed by atoms with Gasteiger partial charge < -0.3 is 15.3 Å². The Bertz CT molecular complexity index is 12000. The zero-order valence-corrected chi connectivity index (χ0v) is 84.0. The van der Waals surface area contributed by atoms with E-state index in [2.05, 4.69) is 304 Å². The van der Waals surface area contributed by atoms with Crippen LogP contribution in [-0.2, 0) is 43.3 Å². The molecule has 0 radical (unpaired) electrons. The first-order chi connectivity index (χ1) is 69.6. The second-order valence-electron chi connectivity index (χ2n) is 53.8. The van der Waals surface area contributed by atoms with Crippen molar-refractivity contribution in [2.24, 2.45) is 0 Å². The lowest BCUT2D eigenvalue weighted by molar-refractivity contribution is 0.102. The van der Waals surface area contributed by atoms with Crippen LogP contribution in [0.25, 0.3) is 382 Å². The minimum atomic E-state index is -0.538. The summed E-state index contributed by atoms with van der Waals surface area (Å²) >= 11 is 0. The zero-order valence-electron chi connectivity index (χ0n) is 84.0. The standard InChI is InChI=1S/C138H88N6O/c1-131(2,3)52-36-49(37-53(42-52)132(4,5)6)68-61-30-28-59(140-61)67(60-29-31-62(141-60)69(50-38-54(133(7,8)9)43-55(39-50)134(10,11)12)64-33-35-66(143-64)70(65-34-32-63(68)142-65)51-40-56(135(13,14)15)44-57(41-51)136(16,17)18)46-24-26-58(27-25-46)139-130(145)48-22-20-47(21-23-48)129-138-127-121-115-105-93-85-77-73-71-72-75-79(77)87(93)97-91-83(75)84-76(72)80-78-74(71)82-81(73)89-95(85)103-109-99(89)100-90(82)96-86(78)94-88(80)98-92(84)102-101(91)113(107(97)115)123(127)124-114(102)108(98)116-106(94)112-104(96)110(100)118-117(109)125(119(121)111(103)105)137(138,45-144(129)19)126(118)120(112)122(116)128(124)138/h20-44,129,140,143H,45H2,1-19H3,(H,139,145). The van der Waals surface area contributed by atoms with E-state index in [0.717, 1.165) is 102 Å². The normalized spacial score (nSPS) is 18.6. The first-order valence-electron chi connectivity index (χ1n) is 53.3. The second kappa shape index (κ2) is 20.2. The Hall–Kier alpha value is -15.4. The summed E-state index contributed by atoms with van der Waals surface area (Å²) in [6.07, 6.45) is 8.99. The molecule has 4 aliphatic carbocycles. The molecule has 7 aliphatic rings. The quantitative estimate of drug-likeness (QED) is 0.139. The number of fused-ring (bicyclic) bond motifs is 8. The van der Waals surface area contributed by atoms with E-state index in [4.69, 9.17) is 9.97 Å². The van der Waals surface area contributed by atoms with Gasteiger partial charge in [-0.25, -0.2) is 9.97 Å². The fourth-order valence-electron chi connectivity index (χ4n) is 36.6. The van der Waals surface area contributed by atoms with Crippen LogP contribution >= 0.6 is 0 Å².